The van der Waals surface area contributed by atoms with Crippen LogP contribution in [0.3, 0.4) is 0 Å². The van der Waals surface area contributed by atoms with Gasteiger partial charge in [0.15, 0.2) is 5.96 Å². The summed E-state index contributed by atoms with van der Waals surface area (Å²) >= 11 is 0. The fourth-order valence-corrected chi connectivity index (χ4v) is 3.77. The number of hydrogen-bond donors (Lipinski definition) is 2. The minimum absolute atomic E-state index is 0. The second-order valence-electron chi connectivity index (χ2n) is 8.09. The van der Waals surface area contributed by atoms with Gasteiger partial charge in [-0.25, -0.2) is 4.39 Å². The molecular weight excluding hydrogens is 504 g/mol. The van der Waals surface area contributed by atoms with Crippen LogP contribution in [0, 0.1) is 5.82 Å². The SMILES string of the molecule is CN=C(NCC(C)N(C)Cc1ccccc1)NC1CCN(c2cccc(F)c2)CC1.I. The average molecular weight is 539 g/mol. The van der Waals surface area contributed by atoms with Crippen molar-refractivity contribution in [2.75, 3.05) is 38.6 Å². The first kappa shape index (κ1) is 25.4. The fourth-order valence-electron chi connectivity index (χ4n) is 3.77. The normalized spacial score (nSPS) is 16.0. The molecule has 31 heavy (non-hydrogen) atoms. The van der Waals surface area contributed by atoms with E-state index in [9.17, 15) is 4.39 Å². The third kappa shape index (κ3) is 7.96. The molecule has 0 spiro atoms. The molecule has 0 radical (unpaired) electrons. The molecule has 1 aliphatic rings. The molecule has 7 heteroatoms. The van der Waals surface area contributed by atoms with Crippen LogP contribution in [0.15, 0.2) is 59.6 Å². The van der Waals surface area contributed by atoms with Crippen LogP contribution in [0.1, 0.15) is 25.3 Å². The highest BCUT2D eigenvalue weighted by molar-refractivity contribution is 14.0. The maximum absolute atomic E-state index is 13.5. The summed E-state index contributed by atoms with van der Waals surface area (Å²) < 4.78 is 13.5. The molecular formula is C24H35FIN5. The Morgan fingerprint density at radius 1 is 1.16 bits per heavy atom. The molecule has 0 amide bonds. The molecule has 170 valence electrons. The Labute approximate surface area is 203 Å². The van der Waals surface area contributed by atoms with Gasteiger partial charge in [-0.1, -0.05) is 36.4 Å². The van der Waals surface area contributed by atoms with Crippen molar-refractivity contribution in [1.29, 1.82) is 0 Å². The third-order valence-electron chi connectivity index (χ3n) is 5.82. The van der Waals surface area contributed by atoms with Gasteiger partial charge in [0.1, 0.15) is 5.82 Å². The van der Waals surface area contributed by atoms with Crippen molar-refractivity contribution < 1.29 is 4.39 Å². The lowest BCUT2D eigenvalue weighted by atomic mass is 10.0. The van der Waals surface area contributed by atoms with Gasteiger partial charge in [0.05, 0.1) is 0 Å². The lowest BCUT2D eigenvalue weighted by Crippen LogP contribution is -2.50. The molecule has 2 aromatic rings. The molecule has 0 bridgehead atoms. The lowest BCUT2D eigenvalue weighted by molar-refractivity contribution is 0.249. The molecule has 2 aromatic carbocycles. The summed E-state index contributed by atoms with van der Waals surface area (Å²) in [6.45, 7) is 5.79. The highest BCUT2D eigenvalue weighted by Crippen LogP contribution is 2.20. The zero-order valence-electron chi connectivity index (χ0n) is 18.7. The van der Waals surface area contributed by atoms with Gasteiger partial charge in [-0.05, 0) is 50.6 Å². The molecule has 1 unspecified atom stereocenters. The van der Waals surface area contributed by atoms with Crippen molar-refractivity contribution in [3.8, 4) is 0 Å². The topological polar surface area (TPSA) is 42.9 Å². The number of piperidine rings is 1. The van der Waals surface area contributed by atoms with Gasteiger partial charge in [-0.15, -0.1) is 24.0 Å². The monoisotopic (exact) mass is 539 g/mol. The van der Waals surface area contributed by atoms with E-state index in [0.29, 0.717) is 12.1 Å². The number of aliphatic imine (C=N–C) groups is 1. The first-order valence-electron chi connectivity index (χ1n) is 10.8. The van der Waals surface area contributed by atoms with Gasteiger partial charge in [0.25, 0.3) is 0 Å². The number of rotatable bonds is 7. The van der Waals surface area contributed by atoms with Crippen molar-refractivity contribution in [1.82, 2.24) is 15.5 Å². The number of nitrogens with one attached hydrogen (secondary N) is 2. The Morgan fingerprint density at radius 2 is 1.87 bits per heavy atom. The van der Waals surface area contributed by atoms with Crippen LogP contribution >= 0.6 is 24.0 Å². The van der Waals surface area contributed by atoms with Crippen molar-refractivity contribution >= 4 is 35.6 Å². The van der Waals surface area contributed by atoms with Gasteiger partial charge < -0.3 is 15.5 Å². The maximum Gasteiger partial charge on any atom is 0.191 e. The second kappa shape index (κ2) is 12.9. The van der Waals surface area contributed by atoms with Gasteiger partial charge in [-0.2, -0.15) is 0 Å². The van der Waals surface area contributed by atoms with Gasteiger partial charge >= 0.3 is 0 Å². The zero-order valence-corrected chi connectivity index (χ0v) is 21.1. The number of nitrogens with zero attached hydrogens (tertiary/aromatic N) is 3. The zero-order chi connectivity index (χ0) is 21.3. The number of guanidine groups is 1. The van der Waals surface area contributed by atoms with E-state index in [0.717, 1.165) is 50.7 Å². The molecule has 2 N–H and O–H groups in total. The molecule has 1 heterocycles. The Hall–Kier alpha value is -1.87. The summed E-state index contributed by atoms with van der Waals surface area (Å²) in [5.41, 5.74) is 2.28. The molecule has 0 aliphatic carbocycles. The molecule has 1 fully saturated rings. The van der Waals surface area contributed by atoms with E-state index < -0.39 is 0 Å². The smallest absolute Gasteiger partial charge is 0.191 e. The van der Waals surface area contributed by atoms with Gasteiger partial charge in [0, 0.05) is 51.0 Å². The standard InChI is InChI=1S/C24H34FN5.HI/c1-19(29(3)18-20-8-5-4-6-9-20)17-27-24(26-2)28-22-12-14-30(15-13-22)23-11-7-10-21(25)16-23;/h4-11,16,19,22H,12-15,17-18H2,1-3H3,(H2,26,27,28);1H. The Kier molecular flexibility index (Phi) is 10.5. The van der Waals surface area contributed by atoms with E-state index in [1.54, 1.807) is 12.1 Å². The predicted octanol–water partition coefficient (Wildman–Crippen LogP) is 4.10. The van der Waals surface area contributed by atoms with Crippen molar-refractivity contribution in [2.24, 2.45) is 4.99 Å². The van der Waals surface area contributed by atoms with Crippen LogP contribution in [0.2, 0.25) is 0 Å². The molecule has 1 saturated heterocycles. The van der Waals surface area contributed by atoms with E-state index >= 15 is 0 Å². The van der Waals surface area contributed by atoms with E-state index in [-0.39, 0.29) is 29.8 Å². The summed E-state index contributed by atoms with van der Waals surface area (Å²) in [5, 5.41) is 7.02. The molecule has 3 rings (SSSR count). The molecule has 1 atom stereocenters. The van der Waals surface area contributed by atoms with Crippen molar-refractivity contribution in [3.05, 3.63) is 66.0 Å². The summed E-state index contributed by atoms with van der Waals surface area (Å²) in [7, 11) is 3.97. The van der Waals surface area contributed by atoms with Crippen LogP contribution in [0.5, 0.6) is 0 Å². The number of benzene rings is 2. The summed E-state index contributed by atoms with van der Waals surface area (Å²) in [4.78, 5) is 8.99. The third-order valence-corrected chi connectivity index (χ3v) is 5.82. The Morgan fingerprint density at radius 3 is 2.52 bits per heavy atom. The Bertz CT molecular complexity index is 809. The average Bonchev–Trinajstić information content (AvgIpc) is 2.77. The molecule has 0 aromatic heterocycles. The second-order valence-corrected chi connectivity index (χ2v) is 8.09. The van der Waals surface area contributed by atoms with Crippen LogP contribution < -0.4 is 15.5 Å². The van der Waals surface area contributed by atoms with Crippen LogP contribution in [-0.2, 0) is 6.54 Å². The first-order chi connectivity index (χ1) is 14.5. The van der Waals surface area contributed by atoms with Crippen molar-refractivity contribution in [2.45, 2.75) is 38.4 Å². The highest BCUT2D eigenvalue weighted by Gasteiger charge is 2.21. The highest BCUT2D eigenvalue weighted by atomic mass is 127. The van der Waals surface area contributed by atoms with Gasteiger partial charge in [0.2, 0.25) is 0 Å². The summed E-state index contributed by atoms with van der Waals surface area (Å²) in [6.07, 6.45) is 2.00. The van der Waals surface area contributed by atoms with E-state index in [4.69, 9.17) is 0 Å². The largest absolute Gasteiger partial charge is 0.371 e. The molecule has 5 nitrogen and oxygen atoms in total. The summed E-state index contributed by atoms with van der Waals surface area (Å²) in [5.74, 6) is 0.669. The number of anilines is 1. The minimum atomic E-state index is -0.177. The van der Waals surface area contributed by atoms with Crippen LogP contribution in [0.25, 0.3) is 0 Å². The summed E-state index contributed by atoms with van der Waals surface area (Å²) in [6, 6.07) is 18.1. The van der Waals surface area contributed by atoms with Gasteiger partial charge in [-0.3, -0.25) is 9.89 Å². The minimum Gasteiger partial charge on any atom is -0.371 e. The maximum atomic E-state index is 13.5. The number of halogens is 2. The van der Waals surface area contributed by atoms with Crippen molar-refractivity contribution in [3.63, 3.8) is 0 Å². The fraction of sp³-hybridized carbons (Fsp3) is 0.458. The molecule has 0 saturated carbocycles. The van der Waals surface area contributed by atoms with E-state index in [2.05, 4.69) is 63.7 Å². The first-order valence-corrected chi connectivity index (χ1v) is 10.8. The number of hydrogen-bond acceptors (Lipinski definition) is 3. The number of likely N-dealkylation sites (N-methyl/N-ethyl adjacent to an activating group) is 1. The molecule has 1 aliphatic heterocycles. The quantitative estimate of drug-likeness (QED) is 0.316. The van der Waals surface area contributed by atoms with E-state index in [1.165, 1.54) is 11.6 Å². The Balaban J connectivity index is 0.00000341. The lowest BCUT2D eigenvalue weighted by Gasteiger charge is -2.35. The van der Waals surface area contributed by atoms with Crippen LogP contribution in [0.4, 0.5) is 10.1 Å². The predicted molar refractivity (Wildman–Crippen MR) is 139 cm³/mol. The van der Waals surface area contributed by atoms with Crippen LogP contribution in [-0.4, -0.2) is 56.7 Å². The van der Waals surface area contributed by atoms with E-state index in [1.807, 2.05) is 19.2 Å².